The third kappa shape index (κ3) is 1.95. The number of hydrogen-bond acceptors (Lipinski definition) is 2. The van der Waals surface area contributed by atoms with E-state index < -0.39 is 5.82 Å². The Hall–Kier alpha value is -2.10. The van der Waals surface area contributed by atoms with E-state index in [-0.39, 0.29) is 5.56 Å². The van der Waals surface area contributed by atoms with Crippen molar-refractivity contribution in [3.8, 4) is 17.0 Å². The van der Waals surface area contributed by atoms with E-state index in [0.717, 1.165) is 0 Å². The molecule has 1 heterocycles. The van der Waals surface area contributed by atoms with Crippen LogP contribution in [0.4, 0.5) is 4.39 Å². The van der Waals surface area contributed by atoms with E-state index in [0.29, 0.717) is 17.0 Å². The number of hydrogen-bond donors (Lipinski definition) is 1. The van der Waals surface area contributed by atoms with Gasteiger partial charge in [-0.2, -0.15) is 0 Å². The highest BCUT2D eigenvalue weighted by Gasteiger charge is 2.07. The number of rotatable bonds is 2. The molecule has 0 amide bonds. The predicted molar refractivity (Wildman–Crippen MR) is 59.0 cm³/mol. The van der Waals surface area contributed by atoms with E-state index >= 15 is 0 Å². The molecule has 2 aromatic rings. The van der Waals surface area contributed by atoms with Gasteiger partial charge in [0.1, 0.15) is 11.6 Å². The topological polar surface area (TPSA) is 42.1 Å². The number of ether oxygens (including phenoxy) is 1. The number of pyridine rings is 1. The van der Waals surface area contributed by atoms with Crippen molar-refractivity contribution in [1.29, 1.82) is 0 Å². The van der Waals surface area contributed by atoms with E-state index in [4.69, 9.17) is 4.74 Å². The van der Waals surface area contributed by atoms with Crippen molar-refractivity contribution < 1.29 is 9.13 Å². The van der Waals surface area contributed by atoms with Crippen molar-refractivity contribution >= 4 is 0 Å². The summed E-state index contributed by atoms with van der Waals surface area (Å²) in [5, 5.41) is 0. The molecule has 0 aliphatic heterocycles. The van der Waals surface area contributed by atoms with Crippen molar-refractivity contribution in [1.82, 2.24) is 4.98 Å². The van der Waals surface area contributed by atoms with Gasteiger partial charge in [-0.15, -0.1) is 0 Å². The molecule has 2 rings (SSSR count). The lowest BCUT2D eigenvalue weighted by Gasteiger charge is -2.05. The van der Waals surface area contributed by atoms with Crippen LogP contribution >= 0.6 is 0 Å². The number of halogens is 1. The van der Waals surface area contributed by atoms with Crippen LogP contribution in [0.25, 0.3) is 11.3 Å². The first-order chi connectivity index (χ1) is 7.70. The molecule has 1 N–H and O–H groups in total. The van der Waals surface area contributed by atoms with Gasteiger partial charge in [-0.05, 0) is 24.3 Å². The molecule has 3 nitrogen and oxygen atoms in total. The van der Waals surface area contributed by atoms with Gasteiger partial charge < -0.3 is 9.72 Å². The third-order valence-corrected chi connectivity index (χ3v) is 2.23. The van der Waals surface area contributed by atoms with Crippen molar-refractivity contribution in [3.05, 3.63) is 52.6 Å². The van der Waals surface area contributed by atoms with E-state index in [1.165, 1.54) is 25.3 Å². The van der Waals surface area contributed by atoms with Gasteiger partial charge in [-0.3, -0.25) is 4.79 Å². The highest BCUT2D eigenvalue weighted by molar-refractivity contribution is 5.61. The number of aromatic nitrogens is 1. The largest absolute Gasteiger partial charge is 0.497 e. The van der Waals surface area contributed by atoms with E-state index in [9.17, 15) is 9.18 Å². The Bertz CT molecular complexity index is 563. The molecule has 16 heavy (non-hydrogen) atoms. The molecule has 4 heteroatoms. The number of nitrogens with one attached hydrogen (secondary N) is 1. The fourth-order valence-electron chi connectivity index (χ4n) is 1.44. The van der Waals surface area contributed by atoms with E-state index in [1.54, 1.807) is 18.2 Å². The van der Waals surface area contributed by atoms with Crippen LogP contribution in [-0.4, -0.2) is 12.1 Å². The zero-order valence-corrected chi connectivity index (χ0v) is 8.66. The Labute approximate surface area is 91.5 Å². The first kappa shape index (κ1) is 10.4. The van der Waals surface area contributed by atoms with Crippen LogP contribution in [0.15, 0.2) is 41.2 Å². The molecule has 0 bridgehead atoms. The van der Waals surface area contributed by atoms with Gasteiger partial charge in [0.2, 0.25) is 5.56 Å². The van der Waals surface area contributed by atoms with Crippen LogP contribution in [0.1, 0.15) is 0 Å². The van der Waals surface area contributed by atoms with Crippen LogP contribution in [0.2, 0.25) is 0 Å². The normalized spacial score (nSPS) is 10.1. The summed E-state index contributed by atoms with van der Waals surface area (Å²) in [4.78, 5) is 13.7. The van der Waals surface area contributed by atoms with Crippen molar-refractivity contribution in [2.24, 2.45) is 0 Å². The van der Waals surface area contributed by atoms with Crippen molar-refractivity contribution in [3.63, 3.8) is 0 Å². The fraction of sp³-hybridized carbons (Fsp3) is 0.0833. The third-order valence-electron chi connectivity index (χ3n) is 2.23. The highest BCUT2D eigenvalue weighted by Crippen LogP contribution is 2.24. The number of benzene rings is 1. The second-order valence-electron chi connectivity index (χ2n) is 3.27. The van der Waals surface area contributed by atoms with Crippen LogP contribution in [0.3, 0.4) is 0 Å². The smallest absolute Gasteiger partial charge is 0.248 e. The summed E-state index contributed by atoms with van der Waals surface area (Å²) in [6.07, 6.45) is 0. The molecule has 0 spiro atoms. The van der Waals surface area contributed by atoms with Gasteiger partial charge in [-0.25, -0.2) is 4.39 Å². The van der Waals surface area contributed by atoms with Crippen LogP contribution in [0.5, 0.6) is 5.75 Å². The summed E-state index contributed by atoms with van der Waals surface area (Å²) in [7, 11) is 1.50. The molecule has 0 saturated heterocycles. The first-order valence-corrected chi connectivity index (χ1v) is 4.74. The number of H-pyrrole nitrogens is 1. The Morgan fingerprint density at radius 2 is 2.06 bits per heavy atom. The molecule has 1 aromatic heterocycles. The zero-order valence-electron chi connectivity index (χ0n) is 8.66. The lowest BCUT2D eigenvalue weighted by Crippen LogP contribution is -2.04. The number of aromatic amines is 1. The van der Waals surface area contributed by atoms with Crippen LogP contribution < -0.4 is 10.3 Å². The quantitative estimate of drug-likeness (QED) is 0.841. The molecular formula is C12H10FNO2. The lowest BCUT2D eigenvalue weighted by molar-refractivity contribution is 0.414. The second-order valence-corrected chi connectivity index (χ2v) is 3.27. The Morgan fingerprint density at radius 1 is 1.25 bits per heavy atom. The monoisotopic (exact) mass is 219 g/mol. The Morgan fingerprint density at radius 3 is 2.75 bits per heavy atom. The molecule has 0 radical (unpaired) electrons. The van der Waals surface area contributed by atoms with Gasteiger partial charge in [0, 0.05) is 11.6 Å². The molecule has 82 valence electrons. The summed E-state index contributed by atoms with van der Waals surface area (Å²) in [6.45, 7) is 0. The summed E-state index contributed by atoms with van der Waals surface area (Å²) in [6, 6.07) is 8.97. The first-order valence-electron chi connectivity index (χ1n) is 4.74. The maximum absolute atomic E-state index is 13.5. The number of methoxy groups -OCH3 is 1. The van der Waals surface area contributed by atoms with E-state index in [2.05, 4.69) is 4.98 Å². The van der Waals surface area contributed by atoms with Gasteiger partial charge in [0.25, 0.3) is 0 Å². The molecule has 0 aliphatic carbocycles. The molecule has 0 unspecified atom stereocenters. The molecule has 0 fully saturated rings. The summed E-state index contributed by atoms with van der Waals surface area (Å²) < 4.78 is 18.5. The molecule has 1 aromatic carbocycles. The fourth-order valence-corrected chi connectivity index (χ4v) is 1.44. The Balaban J connectivity index is 2.58. The summed E-state index contributed by atoms with van der Waals surface area (Å²) in [5.41, 5.74) is 0.487. The minimum atomic E-state index is -0.400. The summed E-state index contributed by atoms with van der Waals surface area (Å²) >= 11 is 0. The minimum absolute atomic E-state index is 0.264. The average molecular weight is 219 g/mol. The Kier molecular flexibility index (Phi) is 2.72. The maximum atomic E-state index is 13.5. The maximum Gasteiger partial charge on any atom is 0.248 e. The van der Waals surface area contributed by atoms with Crippen LogP contribution in [-0.2, 0) is 0 Å². The van der Waals surface area contributed by atoms with Gasteiger partial charge in [0.15, 0.2) is 0 Å². The van der Waals surface area contributed by atoms with Crippen LogP contribution in [0, 0.1) is 5.82 Å². The predicted octanol–water partition coefficient (Wildman–Crippen LogP) is 2.19. The van der Waals surface area contributed by atoms with Gasteiger partial charge >= 0.3 is 0 Å². The summed E-state index contributed by atoms with van der Waals surface area (Å²) in [5.74, 6) is 0.142. The molecular weight excluding hydrogens is 209 g/mol. The van der Waals surface area contributed by atoms with Gasteiger partial charge in [-0.1, -0.05) is 6.07 Å². The lowest BCUT2D eigenvalue weighted by atomic mass is 10.1. The zero-order chi connectivity index (χ0) is 11.5. The average Bonchev–Trinajstić information content (AvgIpc) is 2.30. The molecule has 0 atom stereocenters. The SMILES string of the molecule is COc1ccc(F)c(-c2cccc(=O)[nH]2)c1. The van der Waals surface area contributed by atoms with Crippen molar-refractivity contribution in [2.75, 3.05) is 7.11 Å². The standard InChI is InChI=1S/C12H10FNO2/c1-16-8-5-6-10(13)9(7-8)11-3-2-4-12(15)14-11/h2-7H,1H3,(H,14,15). The molecule has 0 saturated carbocycles. The van der Waals surface area contributed by atoms with Crippen molar-refractivity contribution in [2.45, 2.75) is 0 Å². The van der Waals surface area contributed by atoms with E-state index in [1.807, 2.05) is 0 Å². The minimum Gasteiger partial charge on any atom is -0.497 e. The molecule has 0 aliphatic rings. The highest BCUT2D eigenvalue weighted by atomic mass is 19.1. The van der Waals surface area contributed by atoms with Gasteiger partial charge in [0.05, 0.1) is 12.8 Å². The second kappa shape index (κ2) is 4.18.